The van der Waals surface area contributed by atoms with Crippen LogP contribution in [-0.4, -0.2) is 40.8 Å². The molecule has 0 aromatic heterocycles. The molecule has 0 spiro atoms. The first-order valence-corrected chi connectivity index (χ1v) is 8.16. The van der Waals surface area contributed by atoms with Crippen LogP contribution >= 0.6 is 0 Å². The van der Waals surface area contributed by atoms with Crippen molar-refractivity contribution >= 4 is 6.16 Å². The van der Waals surface area contributed by atoms with E-state index in [-0.39, 0.29) is 0 Å². The molecule has 0 aromatic carbocycles. The third kappa shape index (κ3) is 3.69. The van der Waals surface area contributed by atoms with Crippen molar-refractivity contribution in [2.75, 3.05) is 0 Å². The van der Waals surface area contributed by atoms with Crippen molar-refractivity contribution in [2.24, 2.45) is 23.7 Å². The number of hydrogen-bond donors (Lipinski definition) is 2. The Bertz CT molecular complexity index is 364. The van der Waals surface area contributed by atoms with Crippen molar-refractivity contribution in [1.82, 2.24) is 0 Å². The molecular formula is C16H26O5. The molecule has 0 radical (unpaired) electrons. The maximum atomic E-state index is 8.56. The molecule has 5 heteroatoms. The molecule has 4 aliphatic rings. The SMILES string of the molecule is CC1CC2OC2CC1CC1CC2OC2CC1C.O=C(O)O. The van der Waals surface area contributed by atoms with E-state index >= 15 is 0 Å². The van der Waals surface area contributed by atoms with Crippen molar-refractivity contribution in [2.45, 2.75) is 70.4 Å². The standard InChI is InChI=1S/C15H24O2.CH2O3/c1-8-3-12-14(16-12)6-10(8)5-11-7-15-13(17-15)4-9(11)2;2-1(3)4/h8-15H,3-7H2,1-2H3;(H2,2,3,4). The van der Waals surface area contributed by atoms with Crippen LogP contribution in [-0.2, 0) is 9.47 Å². The van der Waals surface area contributed by atoms with E-state index in [9.17, 15) is 0 Å². The monoisotopic (exact) mass is 298 g/mol. The first kappa shape index (κ1) is 15.1. The minimum Gasteiger partial charge on any atom is -0.450 e. The highest BCUT2D eigenvalue weighted by atomic mass is 16.6. The van der Waals surface area contributed by atoms with Crippen LogP contribution in [0.2, 0.25) is 0 Å². The molecule has 0 aromatic rings. The molecule has 120 valence electrons. The van der Waals surface area contributed by atoms with Crippen molar-refractivity contribution in [3.8, 4) is 0 Å². The number of carboxylic acid groups (broad SMARTS) is 2. The summed E-state index contributed by atoms with van der Waals surface area (Å²) in [4.78, 5) is 8.56. The van der Waals surface area contributed by atoms with Gasteiger partial charge in [0.2, 0.25) is 0 Å². The highest BCUT2D eigenvalue weighted by Gasteiger charge is 2.50. The van der Waals surface area contributed by atoms with Gasteiger partial charge in [0.05, 0.1) is 24.4 Å². The van der Waals surface area contributed by atoms with E-state index < -0.39 is 6.16 Å². The van der Waals surface area contributed by atoms with E-state index in [1.807, 2.05) is 0 Å². The number of rotatable bonds is 2. The normalized spacial score (nSPS) is 50.0. The van der Waals surface area contributed by atoms with Gasteiger partial charge in [0.15, 0.2) is 0 Å². The average Bonchev–Trinajstić information content (AvgIpc) is 3.25. The van der Waals surface area contributed by atoms with Gasteiger partial charge >= 0.3 is 6.16 Å². The lowest BCUT2D eigenvalue weighted by Gasteiger charge is -2.34. The second kappa shape index (κ2) is 5.76. The highest BCUT2D eigenvalue weighted by molar-refractivity contribution is 5.53. The first-order valence-electron chi connectivity index (χ1n) is 8.16. The largest absolute Gasteiger partial charge is 0.503 e. The van der Waals surface area contributed by atoms with E-state index in [1.165, 1.54) is 32.1 Å². The third-order valence-corrected chi connectivity index (χ3v) is 5.87. The smallest absolute Gasteiger partial charge is 0.450 e. The Morgan fingerprint density at radius 3 is 1.57 bits per heavy atom. The fourth-order valence-electron chi connectivity index (χ4n) is 4.41. The second-order valence-electron chi connectivity index (χ2n) is 7.36. The molecule has 5 nitrogen and oxygen atoms in total. The summed E-state index contributed by atoms with van der Waals surface area (Å²) in [7, 11) is 0. The van der Waals surface area contributed by atoms with Crippen LogP contribution in [0.5, 0.6) is 0 Å². The highest BCUT2D eigenvalue weighted by Crippen LogP contribution is 2.49. The molecule has 2 aliphatic carbocycles. The van der Waals surface area contributed by atoms with Gasteiger partial charge in [-0.1, -0.05) is 13.8 Å². The van der Waals surface area contributed by atoms with Crippen LogP contribution in [0, 0.1) is 23.7 Å². The number of epoxide rings is 2. The van der Waals surface area contributed by atoms with E-state index in [2.05, 4.69) is 13.8 Å². The zero-order valence-electron chi connectivity index (χ0n) is 12.8. The van der Waals surface area contributed by atoms with Gasteiger partial charge in [-0.3, -0.25) is 0 Å². The van der Waals surface area contributed by atoms with Crippen LogP contribution < -0.4 is 0 Å². The number of carbonyl (C=O) groups is 1. The second-order valence-corrected chi connectivity index (χ2v) is 7.36. The zero-order valence-corrected chi connectivity index (χ0v) is 12.8. The molecule has 2 saturated carbocycles. The Morgan fingerprint density at radius 2 is 1.19 bits per heavy atom. The molecule has 21 heavy (non-hydrogen) atoms. The van der Waals surface area contributed by atoms with E-state index in [0.29, 0.717) is 24.4 Å². The predicted molar refractivity (Wildman–Crippen MR) is 76.4 cm³/mol. The van der Waals surface area contributed by atoms with Crippen LogP contribution in [0.4, 0.5) is 4.79 Å². The van der Waals surface area contributed by atoms with Gasteiger partial charge < -0.3 is 19.7 Å². The van der Waals surface area contributed by atoms with Gasteiger partial charge in [-0.05, 0) is 55.8 Å². The summed E-state index contributed by atoms with van der Waals surface area (Å²) in [6.07, 6.45) is 7.47. The minimum absolute atomic E-state index is 0.639. The van der Waals surface area contributed by atoms with Gasteiger partial charge in [-0.25, -0.2) is 4.79 Å². The molecule has 0 amide bonds. The Hall–Kier alpha value is -0.810. The zero-order chi connectivity index (χ0) is 15.1. The maximum absolute atomic E-state index is 8.56. The Kier molecular flexibility index (Phi) is 4.14. The van der Waals surface area contributed by atoms with E-state index in [4.69, 9.17) is 24.5 Å². The summed E-state index contributed by atoms with van der Waals surface area (Å²) in [5.41, 5.74) is 0. The summed E-state index contributed by atoms with van der Waals surface area (Å²) < 4.78 is 11.4. The first-order chi connectivity index (χ1) is 9.94. The fraction of sp³-hybridized carbons (Fsp3) is 0.938. The molecule has 0 bridgehead atoms. The van der Waals surface area contributed by atoms with Crippen LogP contribution in [0.1, 0.15) is 46.0 Å². The molecule has 8 unspecified atom stereocenters. The average molecular weight is 298 g/mol. The van der Waals surface area contributed by atoms with Crippen LogP contribution in [0.3, 0.4) is 0 Å². The van der Waals surface area contributed by atoms with Crippen molar-refractivity contribution < 1.29 is 24.5 Å². The van der Waals surface area contributed by atoms with Gasteiger partial charge in [0.1, 0.15) is 0 Å². The Morgan fingerprint density at radius 1 is 0.857 bits per heavy atom. The lowest BCUT2D eigenvalue weighted by molar-refractivity contribution is 0.137. The van der Waals surface area contributed by atoms with Crippen LogP contribution in [0.25, 0.3) is 0 Å². The summed E-state index contributed by atoms with van der Waals surface area (Å²) >= 11 is 0. The van der Waals surface area contributed by atoms with Crippen molar-refractivity contribution in [3.05, 3.63) is 0 Å². The molecule has 8 atom stereocenters. The lowest BCUT2D eigenvalue weighted by atomic mass is 9.70. The molecule has 2 saturated heterocycles. The Labute approximate surface area is 125 Å². The predicted octanol–water partition coefficient (Wildman–Crippen LogP) is 3.23. The summed E-state index contributed by atoms with van der Waals surface area (Å²) in [6.45, 7) is 4.87. The molecule has 4 rings (SSSR count). The third-order valence-electron chi connectivity index (χ3n) is 5.87. The van der Waals surface area contributed by atoms with E-state index in [0.717, 1.165) is 23.7 Å². The molecular weight excluding hydrogens is 272 g/mol. The maximum Gasteiger partial charge on any atom is 0.503 e. The van der Waals surface area contributed by atoms with E-state index in [1.54, 1.807) is 0 Å². The molecule has 2 N–H and O–H groups in total. The summed E-state index contributed by atoms with van der Waals surface area (Å²) in [5, 5.41) is 13.9. The van der Waals surface area contributed by atoms with Gasteiger partial charge in [0, 0.05) is 0 Å². The van der Waals surface area contributed by atoms with Crippen LogP contribution in [0.15, 0.2) is 0 Å². The van der Waals surface area contributed by atoms with Crippen molar-refractivity contribution in [1.29, 1.82) is 0 Å². The Balaban J connectivity index is 0.000000298. The minimum atomic E-state index is -1.83. The van der Waals surface area contributed by atoms with Crippen molar-refractivity contribution in [3.63, 3.8) is 0 Å². The number of fused-ring (bicyclic) bond motifs is 2. The van der Waals surface area contributed by atoms with Gasteiger partial charge in [0.25, 0.3) is 0 Å². The summed E-state index contributed by atoms with van der Waals surface area (Å²) in [6, 6.07) is 0. The van der Waals surface area contributed by atoms with Gasteiger partial charge in [-0.2, -0.15) is 0 Å². The fourth-order valence-corrected chi connectivity index (χ4v) is 4.41. The molecule has 2 heterocycles. The topological polar surface area (TPSA) is 82.6 Å². The number of hydrogen-bond acceptors (Lipinski definition) is 3. The number of ether oxygens (including phenoxy) is 2. The lowest BCUT2D eigenvalue weighted by Crippen LogP contribution is -2.29. The molecule has 4 fully saturated rings. The van der Waals surface area contributed by atoms with Gasteiger partial charge in [-0.15, -0.1) is 0 Å². The molecule has 2 aliphatic heterocycles. The quantitative estimate of drug-likeness (QED) is 0.765. The summed E-state index contributed by atoms with van der Waals surface area (Å²) in [5.74, 6) is 3.59.